The molecule has 3 N–H and O–H groups in total. The Balaban J connectivity index is 0.00000200. The molecule has 0 aromatic carbocycles. The highest BCUT2D eigenvalue weighted by Gasteiger charge is 2.31. The highest BCUT2D eigenvalue weighted by Crippen LogP contribution is 2.31. The average Bonchev–Trinajstić information content (AvgIpc) is 2.83. The maximum absolute atomic E-state index is 12.2. The van der Waals surface area contributed by atoms with Crippen molar-refractivity contribution in [1.29, 1.82) is 0 Å². The lowest BCUT2D eigenvalue weighted by atomic mass is 9.78. The Morgan fingerprint density at radius 1 is 1.55 bits per heavy atom. The van der Waals surface area contributed by atoms with E-state index in [1.165, 1.54) is 24.2 Å². The Labute approximate surface area is 131 Å². The molecule has 1 fully saturated rings. The van der Waals surface area contributed by atoms with E-state index in [0.717, 1.165) is 30.2 Å². The van der Waals surface area contributed by atoms with E-state index in [-0.39, 0.29) is 23.9 Å². The number of rotatable bonds is 4. The molecule has 1 saturated carbocycles. The molecule has 0 radical (unpaired) electrons. The zero-order valence-corrected chi connectivity index (χ0v) is 13.8. The number of carbonyl (C=O) groups is 1. The van der Waals surface area contributed by atoms with Crippen LogP contribution >= 0.6 is 23.7 Å². The van der Waals surface area contributed by atoms with Crippen LogP contribution in [-0.4, -0.2) is 23.0 Å². The number of nitrogens with one attached hydrogen (secondary N) is 1. The Morgan fingerprint density at radius 3 is 2.80 bits per heavy atom. The van der Waals surface area contributed by atoms with Crippen molar-refractivity contribution >= 4 is 29.7 Å². The molecule has 0 aliphatic heterocycles. The third-order valence-corrected chi connectivity index (χ3v) is 4.84. The lowest BCUT2D eigenvalue weighted by molar-refractivity contribution is 0.0865. The van der Waals surface area contributed by atoms with Gasteiger partial charge in [-0.15, -0.1) is 23.7 Å². The molecule has 1 aliphatic carbocycles. The monoisotopic (exact) mass is 317 g/mol. The van der Waals surface area contributed by atoms with Gasteiger partial charge in [0.2, 0.25) is 0 Å². The van der Waals surface area contributed by atoms with E-state index in [4.69, 9.17) is 5.73 Å². The third kappa shape index (κ3) is 4.43. The molecule has 114 valence electrons. The fourth-order valence-corrected chi connectivity index (χ4v) is 3.31. The van der Waals surface area contributed by atoms with Crippen LogP contribution in [0.4, 0.5) is 0 Å². The molecule has 2 rings (SSSR count). The summed E-state index contributed by atoms with van der Waals surface area (Å²) in [7, 11) is 0. The van der Waals surface area contributed by atoms with Gasteiger partial charge in [-0.25, -0.2) is 4.98 Å². The molecule has 1 amide bonds. The van der Waals surface area contributed by atoms with Gasteiger partial charge in [0.1, 0.15) is 5.69 Å². The van der Waals surface area contributed by atoms with Gasteiger partial charge in [-0.3, -0.25) is 4.79 Å². The highest BCUT2D eigenvalue weighted by molar-refractivity contribution is 7.09. The van der Waals surface area contributed by atoms with Crippen LogP contribution in [0.1, 0.15) is 55.0 Å². The number of hydrogen-bond acceptors (Lipinski definition) is 4. The topological polar surface area (TPSA) is 68.0 Å². The summed E-state index contributed by atoms with van der Waals surface area (Å²) in [6.07, 6.45) is 5.23. The average molecular weight is 318 g/mol. The Kier molecular flexibility index (Phi) is 6.43. The SMILES string of the molecule is CC1CCC(C)(NC(=O)c2csc(CCN)n2)CC1.Cl. The summed E-state index contributed by atoms with van der Waals surface area (Å²) in [5, 5.41) is 5.93. The van der Waals surface area contributed by atoms with Crippen molar-refractivity contribution in [2.24, 2.45) is 11.7 Å². The summed E-state index contributed by atoms with van der Waals surface area (Å²) in [4.78, 5) is 16.6. The van der Waals surface area contributed by atoms with Crippen LogP contribution in [0, 0.1) is 5.92 Å². The number of amides is 1. The molecule has 0 saturated heterocycles. The van der Waals surface area contributed by atoms with E-state index in [1.54, 1.807) is 0 Å². The summed E-state index contributed by atoms with van der Waals surface area (Å²) in [5.41, 5.74) is 5.96. The van der Waals surface area contributed by atoms with E-state index in [2.05, 4.69) is 24.1 Å². The molecule has 1 aromatic heterocycles. The molecule has 1 aliphatic rings. The van der Waals surface area contributed by atoms with Gasteiger partial charge in [0.25, 0.3) is 5.91 Å². The van der Waals surface area contributed by atoms with Crippen molar-refractivity contribution in [3.8, 4) is 0 Å². The summed E-state index contributed by atoms with van der Waals surface area (Å²) in [5.74, 6) is 0.733. The number of carbonyl (C=O) groups excluding carboxylic acids is 1. The van der Waals surface area contributed by atoms with Crippen molar-refractivity contribution in [2.45, 2.75) is 51.5 Å². The van der Waals surface area contributed by atoms with E-state index >= 15 is 0 Å². The second-order valence-corrected chi connectivity index (χ2v) is 6.81. The molecular weight excluding hydrogens is 294 g/mol. The van der Waals surface area contributed by atoms with Crippen LogP contribution in [-0.2, 0) is 6.42 Å². The number of nitrogens with two attached hydrogens (primary N) is 1. The van der Waals surface area contributed by atoms with Crippen molar-refractivity contribution in [3.63, 3.8) is 0 Å². The molecule has 6 heteroatoms. The number of aromatic nitrogens is 1. The molecular formula is C14H24ClN3OS. The Hall–Kier alpha value is -0.650. The van der Waals surface area contributed by atoms with E-state index in [1.807, 2.05) is 5.38 Å². The molecule has 1 aromatic rings. The van der Waals surface area contributed by atoms with Gasteiger partial charge in [-0.1, -0.05) is 6.92 Å². The molecule has 1 heterocycles. The smallest absolute Gasteiger partial charge is 0.271 e. The number of thiazole rings is 1. The van der Waals surface area contributed by atoms with E-state index < -0.39 is 0 Å². The predicted molar refractivity (Wildman–Crippen MR) is 85.6 cm³/mol. The lowest BCUT2D eigenvalue weighted by Gasteiger charge is -2.36. The first-order valence-electron chi connectivity index (χ1n) is 6.99. The van der Waals surface area contributed by atoms with Crippen LogP contribution in [0.25, 0.3) is 0 Å². The highest BCUT2D eigenvalue weighted by atomic mass is 35.5. The van der Waals surface area contributed by atoms with Crippen LogP contribution < -0.4 is 11.1 Å². The first-order valence-corrected chi connectivity index (χ1v) is 7.87. The van der Waals surface area contributed by atoms with Crippen molar-refractivity contribution in [2.75, 3.05) is 6.54 Å². The standard InChI is InChI=1S/C14H23N3OS.ClH/c1-10-3-6-14(2,7-4-10)17-13(18)11-9-19-12(16-11)5-8-15;/h9-10H,3-8,15H2,1-2H3,(H,17,18);1H. The van der Waals surface area contributed by atoms with Gasteiger partial charge in [0.05, 0.1) is 5.01 Å². The first-order chi connectivity index (χ1) is 9.02. The van der Waals surface area contributed by atoms with Crippen LogP contribution in [0.3, 0.4) is 0 Å². The fraction of sp³-hybridized carbons (Fsp3) is 0.714. The van der Waals surface area contributed by atoms with Crippen LogP contribution in [0.15, 0.2) is 5.38 Å². The maximum Gasteiger partial charge on any atom is 0.271 e. The van der Waals surface area contributed by atoms with Crippen LogP contribution in [0.2, 0.25) is 0 Å². The second kappa shape index (κ2) is 7.38. The van der Waals surface area contributed by atoms with Crippen molar-refractivity contribution in [1.82, 2.24) is 10.3 Å². The van der Waals surface area contributed by atoms with E-state index in [0.29, 0.717) is 12.2 Å². The number of hydrogen-bond donors (Lipinski definition) is 2. The second-order valence-electron chi connectivity index (χ2n) is 5.86. The maximum atomic E-state index is 12.2. The molecule has 0 spiro atoms. The van der Waals surface area contributed by atoms with Gasteiger partial charge in [-0.05, 0) is 45.1 Å². The number of halogens is 1. The van der Waals surface area contributed by atoms with Crippen molar-refractivity contribution in [3.05, 3.63) is 16.1 Å². The normalized spacial score (nSPS) is 25.9. The van der Waals surface area contributed by atoms with Gasteiger partial charge in [0, 0.05) is 17.3 Å². The summed E-state index contributed by atoms with van der Waals surface area (Å²) in [6, 6.07) is 0. The minimum Gasteiger partial charge on any atom is -0.346 e. The van der Waals surface area contributed by atoms with Crippen LogP contribution in [0.5, 0.6) is 0 Å². The largest absolute Gasteiger partial charge is 0.346 e. The zero-order chi connectivity index (χ0) is 13.9. The minimum absolute atomic E-state index is 0. The molecule has 0 unspecified atom stereocenters. The third-order valence-electron chi connectivity index (χ3n) is 3.94. The Morgan fingerprint density at radius 2 is 2.20 bits per heavy atom. The molecule has 4 nitrogen and oxygen atoms in total. The van der Waals surface area contributed by atoms with Gasteiger partial charge in [-0.2, -0.15) is 0 Å². The minimum atomic E-state index is -0.0682. The van der Waals surface area contributed by atoms with E-state index in [9.17, 15) is 4.79 Å². The first kappa shape index (κ1) is 17.4. The molecule has 20 heavy (non-hydrogen) atoms. The quantitative estimate of drug-likeness (QED) is 0.897. The summed E-state index contributed by atoms with van der Waals surface area (Å²) >= 11 is 1.51. The lowest BCUT2D eigenvalue weighted by Crippen LogP contribution is -2.48. The summed E-state index contributed by atoms with van der Waals surface area (Å²) in [6.45, 7) is 5.00. The fourth-order valence-electron chi connectivity index (χ4n) is 2.52. The number of nitrogens with zero attached hydrogens (tertiary/aromatic N) is 1. The summed E-state index contributed by atoms with van der Waals surface area (Å²) < 4.78 is 0. The van der Waals surface area contributed by atoms with Gasteiger partial charge < -0.3 is 11.1 Å². The van der Waals surface area contributed by atoms with Gasteiger partial charge in [0.15, 0.2) is 0 Å². The van der Waals surface area contributed by atoms with Gasteiger partial charge >= 0.3 is 0 Å². The van der Waals surface area contributed by atoms with Crippen molar-refractivity contribution < 1.29 is 4.79 Å². The molecule has 0 bridgehead atoms. The predicted octanol–water partition coefficient (Wildman–Crippen LogP) is 2.76. The Bertz CT molecular complexity index is 441. The molecule has 0 atom stereocenters. The zero-order valence-electron chi connectivity index (χ0n) is 12.1.